The lowest BCUT2D eigenvalue weighted by atomic mass is 10.1. The minimum Gasteiger partial charge on any atom is -0.309 e. The largest absolute Gasteiger partial charge is 0.309 e. The summed E-state index contributed by atoms with van der Waals surface area (Å²) < 4.78 is 9.33. The molecule has 0 unspecified atom stereocenters. The number of aromatic nitrogens is 6. The fourth-order valence-corrected chi connectivity index (χ4v) is 9.71. The van der Waals surface area contributed by atoms with Crippen molar-refractivity contribution in [1.29, 1.82) is 0 Å². The Morgan fingerprint density at radius 1 is 0.242 bits per heavy atom. The third kappa shape index (κ3) is 5.10. The Hall–Kier alpha value is -8.48. The van der Waals surface area contributed by atoms with Gasteiger partial charge in [-0.15, -0.1) is 0 Å². The summed E-state index contributed by atoms with van der Waals surface area (Å²) in [4.78, 5) is 10.3. The molecule has 6 heteroatoms. The summed E-state index contributed by atoms with van der Waals surface area (Å²) in [5, 5.41) is 4.94. The standard InChI is InChI=1S/C56H36N6/c1-3-15-39(16-4-1)61-49-25-13-9-21-45(49)57-55(61)37-27-31-41(32-28-37)59-47-23-11-7-19-43(47)53-51(59)35-36-52-54(53)44-20-8-12-24-48(44)60(52)42-33-29-38(30-34-42)56-58-46-22-10-14-26-50(46)62(56)40-17-5-2-6-18-40/h1-36H. The van der Waals surface area contributed by atoms with Crippen molar-refractivity contribution in [3.8, 4) is 45.5 Å². The smallest absolute Gasteiger partial charge is 0.145 e. The van der Waals surface area contributed by atoms with Crippen LogP contribution in [0.25, 0.3) is 111 Å². The number of fused-ring (bicyclic) bond motifs is 9. The lowest BCUT2D eigenvalue weighted by Crippen LogP contribution is -1.98. The van der Waals surface area contributed by atoms with Gasteiger partial charge in [0.2, 0.25) is 0 Å². The molecule has 4 heterocycles. The summed E-state index contributed by atoms with van der Waals surface area (Å²) in [6.45, 7) is 0. The lowest BCUT2D eigenvalue weighted by Gasteiger charge is -2.12. The minimum atomic E-state index is 0.920. The predicted molar refractivity (Wildman–Crippen MR) is 255 cm³/mol. The van der Waals surface area contributed by atoms with Gasteiger partial charge in [-0.2, -0.15) is 0 Å². The van der Waals surface area contributed by atoms with Gasteiger partial charge in [-0.1, -0.05) is 97.1 Å². The molecule has 0 spiro atoms. The Balaban J connectivity index is 0.962. The van der Waals surface area contributed by atoms with Gasteiger partial charge in [0.25, 0.3) is 0 Å². The topological polar surface area (TPSA) is 45.5 Å². The highest BCUT2D eigenvalue weighted by molar-refractivity contribution is 6.28. The van der Waals surface area contributed by atoms with E-state index in [0.717, 1.165) is 67.6 Å². The second-order valence-corrected chi connectivity index (χ2v) is 15.8. The molecule has 6 nitrogen and oxygen atoms in total. The molecule has 62 heavy (non-hydrogen) atoms. The molecule has 0 amide bonds. The van der Waals surface area contributed by atoms with Crippen LogP contribution < -0.4 is 0 Å². The van der Waals surface area contributed by atoms with Gasteiger partial charge < -0.3 is 9.13 Å². The maximum absolute atomic E-state index is 5.14. The molecule has 0 atom stereocenters. The van der Waals surface area contributed by atoms with Gasteiger partial charge in [-0.3, -0.25) is 9.13 Å². The summed E-state index contributed by atoms with van der Waals surface area (Å²) >= 11 is 0. The van der Waals surface area contributed by atoms with Gasteiger partial charge in [-0.25, -0.2) is 9.97 Å². The molecular formula is C56H36N6. The average Bonchev–Trinajstić information content (AvgIpc) is 4.10. The van der Waals surface area contributed by atoms with Crippen LogP contribution in [0.4, 0.5) is 0 Å². The van der Waals surface area contributed by atoms with E-state index >= 15 is 0 Å². The van der Waals surface area contributed by atoms with Gasteiger partial charge in [-0.05, 0) is 121 Å². The Bertz CT molecular complexity index is 3580. The lowest BCUT2D eigenvalue weighted by molar-refractivity contribution is 1.10. The van der Waals surface area contributed by atoms with E-state index in [2.05, 4.69) is 237 Å². The monoisotopic (exact) mass is 792 g/mol. The van der Waals surface area contributed by atoms with Crippen molar-refractivity contribution >= 4 is 65.7 Å². The molecule has 0 radical (unpaired) electrons. The minimum absolute atomic E-state index is 0.920. The second kappa shape index (κ2) is 13.5. The van der Waals surface area contributed by atoms with Gasteiger partial charge in [0.1, 0.15) is 11.6 Å². The predicted octanol–water partition coefficient (Wildman–Crippen LogP) is 13.9. The molecule has 13 aromatic rings. The highest BCUT2D eigenvalue weighted by Gasteiger charge is 2.22. The molecule has 0 saturated heterocycles. The molecular weight excluding hydrogens is 757 g/mol. The van der Waals surface area contributed by atoms with Crippen LogP contribution in [0.5, 0.6) is 0 Å². The Morgan fingerprint density at radius 2 is 0.581 bits per heavy atom. The summed E-state index contributed by atoms with van der Waals surface area (Å²) in [7, 11) is 0. The van der Waals surface area contributed by atoms with E-state index in [1.165, 1.54) is 43.6 Å². The molecule has 290 valence electrons. The fourth-order valence-electron chi connectivity index (χ4n) is 9.71. The third-order valence-corrected chi connectivity index (χ3v) is 12.4. The molecule has 0 fully saturated rings. The number of hydrogen-bond acceptors (Lipinski definition) is 2. The molecule has 0 aliphatic carbocycles. The molecule has 0 aliphatic rings. The van der Waals surface area contributed by atoms with E-state index in [1.54, 1.807) is 0 Å². The number of benzene rings is 9. The van der Waals surface area contributed by atoms with E-state index in [9.17, 15) is 0 Å². The van der Waals surface area contributed by atoms with Crippen molar-refractivity contribution in [2.24, 2.45) is 0 Å². The van der Waals surface area contributed by atoms with Crippen LogP contribution in [0, 0.1) is 0 Å². The summed E-state index contributed by atoms with van der Waals surface area (Å²) in [6, 6.07) is 77.7. The van der Waals surface area contributed by atoms with Crippen LogP contribution in [0.3, 0.4) is 0 Å². The molecule has 4 aromatic heterocycles. The van der Waals surface area contributed by atoms with Crippen molar-refractivity contribution in [3.63, 3.8) is 0 Å². The number of hydrogen-bond donors (Lipinski definition) is 0. The van der Waals surface area contributed by atoms with Crippen molar-refractivity contribution in [1.82, 2.24) is 28.2 Å². The van der Waals surface area contributed by atoms with Crippen LogP contribution in [0.15, 0.2) is 218 Å². The van der Waals surface area contributed by atoms with Crippen molar-refractivity contribution < 1.29 is 0 Å². The molecule has 0 bridgehead atoms. The summed E-state index contributed by atoms with van der Waals surface area (Å²) in [5.74, 6) is 1.84. The number of rotatable bonds is 6. The Kier molecular flexibility index (Phi) is 7.50. The van der Waals surface area contributed by atoms with Crippen LogP contribution >= 0.6 is 0 Å². The van der Waals surface area contributed by atoms with Crippen molar-refractivity contribution in [3.05, 3.63) is 218 Å². The summed E-state index contributed by atoms with van der Waals surface area (Å²) in [5.41, 5.74) is 15.3. The Labute approximate surface area is 356 Å². The second-order valence-electron chi connectivity index (χ2n) is 15.8. The number of imidazole rings is 2. The highest BCUT2D eigenvalue weighted by atomic mass is 15.1. The van der Waals surface area contributed by atoms with Gasteiger partial charge in [0, 0.05) is 55.4 Å². The highest BCUT2D eigenvalue weighted by Crippen LogP contribution is 2.43. The maximum atomic E-state index is 5.14. The average molecular weight is 793 g/mol. The van der Waals surface area contributed by atoms with Crippen LogP contribution in [-0.4, -0.2) is 28.2 Å². The van der Waals surface area contributed by atoms with Crippen LogP contribution in [0.2, 0.25) is 0 Å². The molecule has 9 aromatic carbocycles. The quantitative estimate of drug-likeness (QED) is 0.168. The van der Waals surface area contributed by atoms with Crippen LogP contribution in [-0.2, 0) is 0 Å². The first-order valence-electron chi connectivity index (χ1n) is 21.0. The maximum Gasteiger partial charge on any atom is 0.145 e. The van der Waals surface area contributed by atoms with E-state index in [4.69, 9.17) is 9.97 Å². The fraction of sp³-hybridized carbons (Fsp3) is 0. The van der Waals surface area contributed by atoms with E-state index in [0.29, 0.717) is 0 Å². The van der Waals surface area contributed by atoms with E-state index in [1.807, 2.05) is 0 Å². The number of nitrogens with zero attached hydrogens (tertiary/aromatic N) is 6. The first-order valence-corrected chi connectivity index (χ1v) is 21.0. The SMILES string of the molecule is c1ccc(-n2c(-c3ccc(-n4c5ccccc5c5c6c7ccccc7n(-c7ccc(-c8nc9ccccc9n8-c8ccccc8)cc7)c6ccc54)cc3)nc3ccccc32)cc1. The van der Waals surface area contributed by atoms with Gasteiger partial charge in [0.15, 0.2) is 0 Å². The molecule has 0 saturated carbocycles. The first-order chi connectivity index (χ1) is 30.8. The van der Waals surface area contributed by atoms with Gasteiger partial charge >= 0.3 is 0 Å². The molecule has 0 N–H and O–H groups in total. The van der Waals surface area contributed by atoms with Crippen molar-refractivity contribution in [2.75, 3.05) is 0 Å². The zero-order chi connectivity index (χ0) is 40.7. The molecule has 0 aliphatic heterocycles. The van der Waals surface area contributed by atoms with Crippen molar-refractivity contribution in [2.45, 2.75) is 0 Å². The molecule has 13 rings (SSSR count). The number of para-hydroxylation sites is 8. The third-order valence-electron chi connectivity index (χ3n) is 12.4. The van der Waals surface area contributed by atoms with Gasteiger partial charge in [0.05, 0.1) is 44.1 Å². The zero-order valence-corrected chi connectivity index (χ0v) is 33.5. The van der Waals surface area contributed by atoms with E-state index in [-0.39, 0.29) is 0 Å². The normalized spacial score (nSPS) is 11.9. The first kappa shape index (κ1) is 34.4. The Morgan fingerprint density at radius 3 is 1.00 bits per heavy atom. The van der Waals surface area contributed by atoms with Crippen LogP contribution in [0.1, 0.15) is 0 Å². The van der Waals surface area contributed by atoms with E-state index < -0.39 is 0 Å². The zero-order valence-electron chi connectivity index (χ0n) is 33.5. The summed E-state index contributed by atoms with van der Waals surface area (Å²) in [6.07, 6.45) is 0.